The third kappa shape index (κ3) is 2.86. The fraction of sp³-hybridized carbons (Fsp3) is 0.333. The van der Waals surface area contributed by atoms with E-state index in [1.165, 1.54) is 0 Å². The molecule has 2 heteroatoms. The van der Waals surface area contributed by atoms with Crippen molar-refractivity contribution in [1.82, 2.24) is 0 Å². The average molecular weight is 268 g/mol. The molecule has 0 aromatic heterocycles. The Morgan fingerprint density at radius 2 is 1.40 bits per heavy atom. The maximum Gasteiger partial charge on any atom is 0.119 e. The Hall–Kier alpha value is -1.80. The first-order valence-corrected chi connectivity index (χ1v) is 7.26. The fourth-order valence-corrected chi connectivity index (χ4v) is 2.92. The highest BCUT2D eigenvalue weighted by Crippen LogP contribution is 2.38. The smallest absolute Gasteiger partial charge is 0.119 e. The molecule has 2 nitrogen and oxygen atoms in total. The van der Waals surface area contributed by atoms with E-state index in [0.717, 1.165) is 37.0 Å². The van der Waals surface area contributed by atoms with E-state index in [-0.39, 0.29) is 6.10 Å². The molecule has 3 rings (SSSR count). The summed E-state index contributed by atoms with van der Waals surface area (Å²) in [6, 6.07) is 19.9. The minimum atomic E-state index is -0.683. The first kappa shape index (κ1) is 13.2. The van der Waals surface area contributed by atoms with Crippen LogP contribution < -0.4 is 4.74 Å². The van der Waals surface area contributed by atoms with Gasteiger partial charge in [0.25, 0.3) is 0 Å². The van der Waals surface area contributed by atoms with Gasteiger partial charge in [-0.05, 0) is 43.4 Å². The van der Waals surface area contributed by atoms with Crippen LogP contribution in [0, 0.1) is 0 Å². The maximum atomic E-state index is 10.8. The molecule has 1 fully saturated rings. The Bertz CT molecular complexity index is 528. The van der Waals surface area contributed by atoms with Crippen LogP contribution >= 0.6 is 0 Å². The minimum absolute atomic E-state index is 0.210. The van der Waals surface area contributed by atoms with Crippen LogP contribution in [0.2, 0.25) is 0 Å². The molecule has 0 radical (unpaired) electrons. The molecule has 104 valence electrons. The molecule has 0 aliphatic heterocycles. The number of aliphatic hydroxyl groups is 1. The summed E-state index contributed by atoms with van der Waals surface area (Å²) in [5, 5.41) is 10.8. The lowest BCUT2D eigenvalue weighted by molar-refractivity contribution is -0.0302. The van der Waals surface area contributed by atoms with Gasteiger partial charge in [-0.3, -0.25) is 0 Å². The zero-order chi connectivity index (χ0) is 13.8. The molecule has 0 spiro atoms. The van der Waals surface area contributed by atoms with E-state index in [9.17, 15) is 5.11 Å². The molecule has 2 aromatic rings. The van der Waals surface area contributed by atoms with Crippen LogP contribution in [0.25, 0.3) is 0 Å². The number of benzene rings is 2. The van der Waals surface area contributed by atoms with E-state index in [0.29, 0.717) is 0 Å². The van der Waals surface area contributed by atoms with E-state index in [4.69, 9.17) is 4.74 Å². The Labute approximate surface area is 120 Å². The van der Waals surface area contributed by atoms with E-state index in [2.05, 4.69) is 0 Å². The largest absolute Gasteiger partial charge is 0.490 e. The van der Waals surface area contributed by atoms with Crippen molar-refractivity contribution in [2.75, 3.05) is 0 Å². The van der Waals surface area contributed by atoms with Crippen LogP contribution in [0.1, 0.15) is 31.2 Å². The van der Waals surface area contributed by atoms with Gasteiger partial charge in [0.2, 0.25) is 0 Å². The van der Waals surface area contributed by atoms with Crippen molar-refractivity contribution >= 4 is 0 Å². The summed E-state index contributed by atoms with van der Waals surface area (Å²) in [5.74, 6) is 0.919. The zero-order valence-corrected chi connectivity index (χ0v) is 11.5. The van der Waals surface area contributed by atoms with Crippen molar-refractivity contribution in [3.05, 3.63) is 66.2 Å². The summed E-state index contributed by atoms with van der Waals surface area (Å²) >= 11 is 0. The van der Waals surface area contributed by atoms with Crippen LogP contribution in [-0.2, 0) is 5.60 Å². The Balaban J connectivity index is 1.62. The minimum Gasteiger partial charge on any atom is -0.490 e. The summed E-state index contributed by atoms with van der Waals surface area (Å²) < 4.78 is 5.97. The number of ether oxygens (including phenoxy) is 1. The number of rotatable bonds is 3. The second kappa shape index (κ2) is 5.68. The predicted molar refractivity (Wildman–Crippen MR) is 79.7 cm³/mol. The second-order valence-electron chi connectivity index (χ2n) is 5.53. The number of hydrogen-bond acceptors (Lipinski definition) is 2. The molecule has 1 aliphatic carbocycles. The van der Waals surface area contributed by atoms with E-state index < -0.39 is 5.60 Å². The molecule has 20 heavy (non-hydrogen) atoms. The monoisotopic (exact) mass is 268 g/mol. The summed E-state index contributed by atoms with van der Waals surface area (Å²) in [7, 11) is 0. The molecule has 1 saturated carbocycles. The highest BCUT2D eigenvalue weighted by molar-refractivity contribution is 5.24. The van der Waals surface area contributed by atoms with E-state index >= 15 is 0 Å². The molecule has 0 heterocycles. The summed E-state index contributed by atoms with van der Waals surface area (Å²) in [4.78, 5) is 0. The fourth-order valence-electron chi connectivity index (χ4n) is 2.92. The molecule has 0 bridgehead atoms. The molecule has 0 amide bonds. The van der Waals surface area contributed by atoms with Gasteiger partial charge in [0, 0.05) is 0 Å². The SMILES string of the molecule is OC1(c2ccccc2)CCC(Oc2ccccc2)CC1. The first-order valence-electron chi connectivity index (χ1n) is 7.26. The van der Waals surface area contributed by atoms with Crippen LogP contribution in [0.4, 0.5) is 0 Å². The lowest BCUT2D eigenvalue weighted by Crippen LogP contribution is -2.35. The van der Waals surface area contributed by atoms with Gasteiger partial charge in [-0.1, -0.05) is 48.5 Å². The third-order valence-corrected chi connectivity index (χ3v) is 4.12. The van der Waals surface area contributed by atoms with Gasteiger partial charge in [0.1, 0.15) is 5.75 Å². The summed E-state index contributed by atoms with van der Waals surface area (Å²) in [6.45, 7) is 0. The van der Waals surface area contributed by atoms with E-state index in [1.807, 2.05) is 60.7 Å². The van der Waals surface area contributed by atoms with Crippen LogP contribution in [0.3, 0.4) is 0 Å². The molecule has 0 atom stereocenters. The average Bonchev–Trinajstić information content (AvgIpc) is 2.52. The normalized spacial score (nSPS) is 26.1. The van der Waals surface area contributed by atoms with Gasteiger partial charge in [0.15, 0.2) is 0 Å². The van der Waals surface area contributed by atoms with Crippen LogP contribution in [-0.4, -0.2) is 11.2 Å². The second-order valence-corrected chi connectivity index (χ2v) is 5.53. The molecule has 0 saturated heterocycles. The van der Waals surface area contributed by atoms with Crippen LogP contribution in [0.15, 0.2) is 60.7 Å². The topological polar surface area (TPSA) is 29.5 Å². The van der Waals surface area contributed by atoms with Crippen molar-refractivity contribution in [2.24, 2.45) is 0 Å². The molecular formula is C18H20O2. The highest BCUT2D eigenvalue weighted by atomic mass is 16.5. The van der Waals surface area contributed by atoms with Gasteiger partial charge in [-0.2, -0.15) is 0 Å². The van der Waals surface area contributed by atoms with Gasteiger partial charge >= 0.3 is 0 Å². The van der Waals surface area contributed by atoms with E-state index in [1.54, 1.807) is 0 Å². The van der Waals surface area contributed by atoms with Crippen LogP contribution in [0.5, 0.6) is 5.75 Å². The molecule has 0 unspecified atom stereocenters. The number of hydrogen-bond donors (Lipinski definition) is 1. The first-order chi connectivity index (χ1) is 9.76. The standard InChI is InChI=1S/C18H20O2/c19-18(15-7-3-1-4-8-15)13-11-17(12-14-18)20-16-9-5-2-6-10-16/h1-10,17,19H,11-14H2. The zero-order valence-electron chi connectivity index (χ0n) is 11.5. The Kier molecular flexibility index (Phi) is 3.75. The molecule has 1 N–H and O–H groups in total. The Morgan fingerprint density at radius 3 is 2.00 bits per heavy atom. The number of para-hydroxylation sites is 1. The summed E-state index contributed by atoms with van der Waals surface area (Å²) in [6.07, 6.45) is 3.50. The van der Waals surface area contributed by atoms with Crippen molar-refractivity contribution in [3.8, 4) is 5.75 Å². The third-order valence-electron chi connectivity index (χ3n) is 4.12. The molecule has 2 aromatic carbocycles. The van der Waals surface area contributed by atoms with Crippen molar-refractivity contribution < 1.29 is 9.84 Å². The van der Waals surface area contributed by atoms with Gasteiger partial charge in [0.05, 0.1) is 11.7 Å². The van der Waals surface area contributed by atoms with Gasteiger partial charge in [-0.15, -0.1) is 0 Å². The predicted octanol–water partition coefficient (Wildman–Crippen LogP) is 3.90. The van der Waals surface area contributed by atoms with Crippen molar-refractivity contribution in [3.63, 3.8) is 0 Å². The molecule has 1 aliphatic rings. The quantitative estimate of drug-likeness (QED) is 0.915. The lowest BCUT2D eigenvalue weighted by atomic mass is 9.78. The lowest BCUT2D eigenvalue weighted by Gasteiger charge is -2.36. The van der Waals surface area contributed by atoms with Crippen molar-refractivity contribution in [2.45, 2.75) is 37.4 Å². The van der Waals surface area contributed by atoms with Gasteiger partial charge < -0.3 is 9.84 Å². The van der Waals surface area contributed by atoms with Gasteiger partial charge in [-0.25, -0.2) is 0 Å². The summed E-state index contributed by atoms with van der Waals surface area (Å²) in [5.41, 5.74) is 0.343. The van der Waals surface area contributed by atoms with Crippen molar-refractivity contribution in [1.29, 1.82) is 0 Å². The molecular weight excluding hydrogens is 248 g/mol. The highest BCUT2D eigenvalue weighted by Gasteiger charge is 2.35. The Morgan fingerprint density at radius 1 is 0.850 bits per heavy atom. The maximum absolute atomic E-state index is 10.8.